The lowest BCUT2D eigenvalue weighted by atomic mass is 10.2. The van der Waals surface area contributed by atoms with Gasteiger partial charge in [0.15, 0.2) is 0 Å². The molecule has 22 heavy (non-hydrogen) atoms. The minimum atomic E-state index is -4.72. The Kier molecular flexibility index (Phi) is 3.81. The second-order valence-electron chi connectivity index (χ2n) is 4.24. The molecule has 0 aliphatic rings. The first-order valence-corrected chi connectivity index (χ1v) is 5.79. The molecule has 6 nitrogen and oxygen atoms in total. The molecule has 114 valence electrons. The van der Waals surface area contributed by atoms with E-state index in [1.54, 1.807) is 0 Å². The van der Waals surface area contributed by atoms with Gasteiger partial charge in [-0.05, 0) is 12.1 Å². The highest BCUT2D eigenvalue weighted by Crippen LogP contribution is 2.28. The van der Waals surface area contributed by atoms with E-state index in [1.807, 2.05) is 0 Å². The average molecular weight is 312 g/mol. The van der Waals surface area contributed by atoms with Crippen LogP contribution in [0.15, 0.2) is 47.4 Å². The van der Waals surface area contributed by atoms with Crippen molar-refractivity contribution >= 4 is 11.6 Å². The number of carbonyl (C=O) groups is 1. The molecule has 0 unspecified atom stereocenters. The van der Waals surface area contributed by atoms with Crippen LogP contribution in [0.4, 0.5) is 18.9 Å². The normalized spacial score (nSPS) is 11.2. The van der Waals surface area contributed by atoms with Crippen molar-refractivity contribution in [2.75, 3.05) is 0 Å². The number of nitrogens with zero attached hydrogens (tertiary/aromatic N) is 2. The highest BCUT2D eigenvalue weighted by atomic mass is 19.4. The van der Waals surface area contributed by atoms with Gasteiger partial charge in [-0.3, -0.25) is 19.7 Å². The van der Waals surface area contributed by atoms with Gasteiger partial charge in [0, 0.05) is 30.0 Å². The van der Waals surface area contributed by atoms with E-state index in [2.05, 4.69) is 0 Å². The van der Waals surface area contributed by atoms with Gasteiger partial charge in [0.2, 0.25) is 0 Å². The lowest BCUT2D eigenvalue weighted by molar-refractivity contribution is -0.384. The summed E-state index contributed by atoms with van der Waals surface area (Å²) in [5, 5.41) is 10.6. The molecule has 0 saturated carbocycles. The quantitative estimate of drug-likeness (QED) is 0.630. The highest BCUT2D eigenvalue weighted by Gasteiger charge is 2.31. The molecule has 0 amide bonds. The number of nitro groups is 1. The fourth-order valence-electron chi connectivity index (χ4n) is 1.71. The van der Waals surface area contributed by atoms with Crippen LogP contribution in [0.5, 0.6) is 0 Å². The van der Waals surface area contributed by atoms with Crippen molar-refractivity contribution in [3.8, 4) is 0 Å². The molecule has 1 aromatic carbocycles. The Morgan fingerprint density at radius 3 is 2.45 bits per heavy atom. The van der Waals surface area contributed by atoms with E-state index in [9.17, 15) is 32.9 Å². The molecule has 0 atom stereocenters. The number of hydrogen-bond acceptors (Lipinski definition) is 4. The maximum Gasteiger partial charge on any atom is 0.417 e. The predicted molar refractivity (Wildman–Crippen MR) is 68.5 cm³/mol. The van der Waals surface area contributed by atoms with Crippen molar-refractivity contribution in [3.05, 3.63) is 74.2 Å². The summed E-state index contributed by atoms with van der Waals surface area (Å²) in [6.07, 6.45) is -4.36. The number of benzene rings is 1. The van der Waals surface area contributed by atoms with Crippen LogP contribution in [0.3, 0.4) is 0 Å². The van der Waals surface area contributed by atoms with Crippen molar-refractivity contribution in [1.29, 1.82) is 0 Å². The third-order valence-corrected chi connectivity index (χ3v) is 2.76. The Bertz CT molecular complexity index is 811. The Balaban J connectivity index is 2.52. The number of rotatable bonds is 2. The summed E-state index contributed by atoms with van der Waals surface area (Å²) in [4.78, 5) is 33.6. The van der Waals surface area contributed by atoms with Crippen molar-refractivity contribution in [2.24, 2.45) is 0 Å². The summed E-state index contributed by atoms with van der Waals surface area (Å²) in [5.74, 6) is -1.08. The van der Waals surface area contributed by atoms with Crippen molar-refractivity contribution in [2.45, 2.75) is 6.18 Å². The smallest absolute Gasteiger partial charge is 0.269 e. The molecule has 2 rings (SSSR count). The lowest BCUT2D eigenvalue weighted by Crippen LogP contribution is -2.27. The van der Waals surface area contributed by atoms with Crippen LogP contribution in [0.2, 0.25) is 0 Å². The number of halogens is 3. The Morgan fingerprint density at radius 2 is 1.86 bits per heavy atom. The van der Waals surface area contributed by atoms with Gasteiger partial charge < -0.3 is 0 Å². The summed E-state index contributed by atoms with van der Waals surface area (Å²) in [6, 6.07) is 5.53. The zero-order chi connectivity index (χ0) is 16.5. The molecule has 0 N–H and O–H groups in total. The van der Waals surface area contributed by atoms with E-state index in [1.165, 1.54) is 12.1 Å². The zero-order valence-corrected chi connectivity index (χ0v) is 10.7. The van der Waals surface area contributed by atoms with Crippen LogP contribution in [0.25, 0.3) is 0 Å². The van der Waals surface area contributed by atoms with Gasteiger partial charge in [0.25, 0.3) is 17.2 Å². The first kappa shape index (κ1) is 15.4. The number of pyridine rings is 1. The first-order chi connectivity index (χ1) is 10.2. The average Bonchev–Trinajstić information content (AvgIpc) is 2.46. The van der Waals surface area contributed by atoms with Crippen LogP contribution in [-0.4, -0.2) is 15.4 Å². The van der Waals surface area contributed by atoms with Crippen molar-refractivity contribution in [3.63, 3.8) is 0 Å². The molecular weight excluding hydrogens is 305 g/mol. The fraction of sp³-hybridized carbons (Fsp3) is 0.0769. The Hall–Kier alpha value is -2.97. The molecule has 0 fully saturated rings. The molecule has 0 bridgehead atoms. The van der Waals surface area contributed by atoms with Crippen molar-refractivity contribution in [1.82, 2.24) is 4.57 Å². The minimum Gasteiger partial charge on any atom is -0.269 e. The van der Waals surface area contributed by atoms with E-state index >= 15 is 0 Å². The minimum absolute atomic E-state index is 0.266. The van der Waals surface area contributed by atoms with Gasteiger partial charge >= 0.3 is 6.18 Å². The van der Waals surface area contributed by atoms with E-state index in [4.69, 9.17) is 0 Å². The van der Waals surface area contributed by atoms with Gasteiger partial charge in [0.1, 0.15) is 0 Å². The van der Waals surface area contributed by atoms with Gasteiger partial charge in [-0.1, -0.05) is 6.07 Å². The van der Waals surface area contributed by atoms with Gasteiger partial charge in [-0.15, -0.1) is 0 Å². The molecule has 0 aliphatic carbocycles. The third kappa shape index (κ3) is 3.03. The van der Waals surface area contributed by atoms with Gasteiger partial charge in [0.05, 0.1) is 10.5 Å². The summed E-state index contributed by atoms with van der Waals surface area (Å²) in [5.41, 5.74) is -2.82. The number of aromatic nitrogens is 1. The van der Waals surface area contributed by atoms with Crippen molar-refractivity contribution < 1.29 is 22.9 Å². The number of non-ortho nitro benzene ring substituents is 1. The van der Waals surface area contributed by atoms with Crippen LogP contribution in [0, 0.1) is 10.1 Å². The Labute approximate surface area is 120 Å². The standard InChI is InChI=1S/C13H7F3N2O4/c14-13(15,16)9-4-5-11(19)17(7-9)12(20)8-2-1-3-10(6-8)18(21)22/h1-7H. The van der Waals surface area contributed by atoms with E-state index in [-0.39, 0.29) is 10.1 Å². The molecule has 0 aliphatic heterocycles. The predicted octanol–water partition coefficient (Wildman–Crippen LogP) is 2.46. The summed E-state index contributed by atoms with van der Waals surface area (Å²) < 4.78 is 38.1. The number of hydrogen-bond donors (Lipinski definition) is 0. The topological polar surface area (TPSA) is 82.2 Å². The van der Waals surface area contributed by atoms with Crippen LogP contribution < -0.4 is 5.56 Å². The highest BCUT2D eigenvalue weighted by molar-refractivity contribution is 5.96. The molecule has 9 heteroatoms. The van der Waals surface area contributed by atoms with Gasteiger partial charge in [-0.2, -0.15) is 13.2 Å². The first-order valence-electron chi connectivity index (χ1n) is 5.79. The second kappa shape index (κ2) is 5.43. The maximum atomic E-state index is 12.6. The molecule has 0 spiro atoms. The number of carbonyl (C=O) groups excluding carboxylic acids is 1. The summed E-state index contributed by atoms with van der Waals surface area (Å²) in [7, 11) is 0. The fourth-order valence-corrected chi connectivity index (χ4v) is 1.71. The molecule has 1 heterocycles. The van der Waals surface area contributed by atoms with E-state index in [0.717, 1.165) is 12.1 Å². The molecular formula is C13H7F3N2O4. The van der Waals surface area contributed by atoms with Crippen LogP contribution in [-0.2, 0) is 6.18 Å². The molecule has 2 aromatic rings. The molecule has 0 saturated heterocycles. The molecule has 1 aromatic heterocycles. The van der Waals surface area contributed by atoms with Crippen LogP contribution in [0.1, 0.15) is 15.9 Å². The SMILES string of the molecule is O=C(c1cccc([N+](=O)[O-])c1)n1cc(C(F)(F)F)ccc1=O. The maximum absolute atomic E-state index is 12.6. The number of alkyl halides is 3. The van der Waals surface area contributed by atoms with Gasteiger partial charge in [-0.25, -0.2) is 4.57 Å². The zero-order valence-electron chi connectivity index (χ0n) is 10.7. The second-order valence-corrected chi connectivity index (χ2v) is 4.24. The van der Waals surface area contributed by atoms with Crippen LogP contribution >= 0.6 is 0 Å². The Morgan fingerprint density at radius 1 is 1.18 bits per heavy atom. The molecule has 0 radical (unpaired) electrons. The summed E-state index contributed by atoms with van der Waals surface area (Å²) in [6.45, 7) is 0. The van der Waals surface area contributed by atoms with E-state index in [0.29, 0.717) is 18.3 Å². The number of nitro benzene ring substituents is 1. The monoisotopic (exact) mass is 312 g/mol. The largest absolute Gasteiger partial charge is 0.417 e. The third-order valence-electron chi connectivity index (χ3n) is 2.76. The van der Waals surface area contributed by atoms with E-state index < -0.39 is 33.8 Å². The summed E-state index contributed by atoms with van der Waals surface area (Å²) >= 11 is 0. The lowest BCUT2D eigenvalue weighted by Gasteiger charge is -2.09.